The molecular formula is C14H14N4O3. The van der Waals surface area contributed by atoms with Gasteiger partial charge in [0.05, 0.1) is 17.4 Å². The number of rotatable bonds is 2. The molecule has 2 amide bonds. The van der Waals surface area contributed by atoms with Crippen molar-refractivity contribution in [1.29, 1.82) is 0 Å². The van der Waals surface area contributed by atoms with Crippen LogP contribution in [0.5, 0.6) is 5.75 Å². The number of nitrogens with one attached hydrogen (secondary N) is 2. The summed E-state index contributed by atoms with van der Waals surface area (Å²) >= 11 is 0. The fourth-order valence-corrected chi connectivity index (χ4v) is 2.03. The lowest BCUT2D eigenvalue weighted by Gasteiger charge is -2.23. The lowest BCUT2D eigenvalue weighted by atomic mass is 10.2. The van der Waals surface area contributed by atoms with Gasteiger partial charge in [0, 0.05) is 18.9 Å². The topological polar surface area (TPSA) is 85.2 Å². The van der Waals surface area contributed by atoms with E-state index in [4.69, 9.17) is 4.74 Å². The molecule has 3 rings (SSSR count). The number of aromatic nitrogens is 2. The zero-order chi connectivity index (χ0) is 15.0. The second kappa shape index (κ2) is 4.93. The molecule has 0 fully saturated rings. The van der Waals surface area contributed by atoms with Crippen LogP contribution in [-0.4, -0.2) is 27.7 Å². The number of fused-ring (bicyclic) bond motifs is 1. The SMILES string of the molecule is C[C@@H]1Oc2ccc(NC(=O)c3cnn(C)c3)cc2NC1=O. The molecule has 1 aromatic heterocycles. The highest BCUT2D eigenvalue weighted by Crippen LogP contribution is 2.32. The number of nitrogens with zero attached hydrogens (tertiary/aromatic N) is 2. The molecule has 0 saturated carbocycles. The van der Waals surface area contributed by atoms with E-state index in [0.29, 0.717) is 22.7 Å². The first kappa shape index (κ1) is 13.2. The zero-order valence-corrected chi connectivity index (χ0v) is 11.6. The quantitative estimate of drug-likeness (QED) is 0.873. The highest BCUT2D eigenvalue weighted by molar-refractivity contribution is 6.05. The van der Waals surface area contributed by atoms with E-state index in [2.05, 4.69) is 15.7 Å². The monoisotopic (exact) mass is 286 g/mol. The van der Waals surface area contributed by atoms with Crippen molar-refractivity contribution in [2.24, 2.45) is 7.05 Å². The van der Waals surface area contributed by atoms with E-state index in [1.807, 2.05) is 0 Å². The van der Waals surface area contributed by atoms with E-state index in [1.165, 1.54) is 6.20 Å². The van der Waals surface area contributed by atoms with Crippen LogP contribution < -0.4 is 15.4 Å². The molecule has 1 aromatic carbocycles. The minimum absolute atomic E-state index is 0.210. The van der Waals surface area contributed by atoms with E-state index in [-0.39, 0.29) is 11.8 Å². The predicted octanol–water partition coefficient (Wildman–Crippen LogP) is 1.39. The number of benzene rings is 1. The Bertz CT molecular complexity index is 723. The van der Waals surface area contributed by atoms with Crippen molar-refractivity contribution in [2.75, 3.05) is 10.6 Å². The number of carbonyl (C=O) groups excluding carboxylic acids is 2. The summed E-state index contributed by atoms with van der Waals surface area (Å²) in [5, 5.41) is 9.43. The highest BCUT2D eigenvalue weighted by atomic mass is 16.5. The third kappa shape index (κ3) is 2.58. The zero-order valence-electron chi connectivity index (χ0n) is 11.6. The van der Waals surface area contributed by atoms with Crippen molar-refractivity contribution >= 4 is 23.2 Å². The van der Waals surface area contributed by atoms with Crippen molar-refractivity contribution in [3.63, 3.8) is 0 Å². The number of anilines is 2. The molecule has 0 unspecified atom stereocenters. The lowest BCUT2D eigenvalue weighted by molar-refractivity contribution is -0.122. The number of aryl methyl sites for hydroxylation is 1. The summed E-state index contributed by atoms with van der Waals surface area (Å²) in [6, 6.07) is 5.09. The molecule has 0 saturated heterocycles. The molecular weight excluding hydrogens is 272 g/mol. The van der Waals surface area contributed by atoms with Crippen molar-refractivity contribution in [1.82, 2.24) is 9.78 Å². The van der Waals surface area contributed by atoms with E-state index in [0.717, 1.165) is 0 Å². The second-order valence-electron chi connectivity index (χ2n) is 4.82. The summed E-state index contributed by atoms with van der Waals surface area (Å²) < 4.78 is 7.01. The van der Waals surface area contributed by atoms with Gasteiger partial charge in [0.25, 0.3) is 11.8 Å². The van der Waals surface area contributed by atoms with Gasteiger partial charge in [-0.15, -0.1) is 0 Å². The third-order valence-corrected chi connectivity index (χ3v) is 3.14. The Balaban J connectivity index is 1.80. The minimum Gasteiger partial charge on any atom is -0.479 e. The maximum Gasteiger partial charge on any atom is 0.265 e. The Morgan fingerprint density at radius 1 is 1.48 bits per heavy atom. The van der Waals surface area contributed by atoms with Crippen LogP contribution in [0.2, 0.25) is 0 Å². The van der Waals surface area contributed by atoms with Crippen LogP contribution in [0.25, 0.3) is 0 Å². The largest absolute Gasteiger partial charge is 0.479 e. The maximum atomic E-state index is 12.0. The van der Waals surface area contributed by atoms with Gasteiger partial charge in [-0.25, -0.2) is 0 Å². The van der Waals surface area contributed by atoms with E-state index < -0.39 is 6.10 Å². The van der Waals surface area contributed by atoms with E-state index >= 15 is 0 Å². The van der Waals surface area contributed by atoms with Crippen LogP contribution in [0, 0.1) is 0 Å². The Labute approximate surface area is 120 Å². The van der Waals surface area contributed by atoms with Crippen molar-refractivity contribution in [2.45, 2.75) is 13.0 Å². The van der Waals surface area contributed by atoms with Crippen LogP contribution in [0.3, 0.4) is 0 Å². The molecule has 0 aliphatic carbocycles. The van der Waals surface area contributed by atoms with Gasteiger partial charge >= 0.3 is 0 Å². The first-order valence-electron chi connectivity index (χ1n) is 6.44. The Morgan fingerprint density at radius 3 is 3.00 bits per heavy atom. The first-order chi connectivity index (χ1) is 10.0. The number of hydrogen-bond donors (Lipinski definition) is 2. The summed E-state index contributed by atoms with van der Waals surface area (Å²) in [5.41, 5.74) is 1.58. The van der Waals surface area contributed by atoms with Crippen LogP contribution >= 0.6 is 0 Å². The van der Waals surface area contributed by atoms with Crippen LogP contribution in [0.4, 0.5) is 11.4 Å². The Hall–Kier alpha value is -2.83. The molecule has 1 aliphatic rings. The molecule has 7 nitrogen and oxygen atoms in total. The molecule has 0 bridgehead atoms. The standard InChI is InChI=1S/C14H14N4O3/c1-8-13(19)17-11-5-10(3-4-12(11)21-8)16-14(20)9-6-15-18(2)7-9/h3-8H,1-2H3,(H,16,20)(H,17,19)/t8-/m0/s1. The summed E-state index contributed by atoms with van der Waals surface area (Å²) in [7, 11) is 1.74. The van der Waals surface area contributed by atoms with E-state index in [1.54, 1.807) is 43.0 Å². The van der Waals surface area contributed by atoms with Crippen LogP contribution in [0.1, 0.15) is 17.3 Å². The summed E-state index contributed by atoms with van der Waals surface area (Å²) in [5.74, 6) is 0.110. The van der Waals surface area contributed by atoms with Crippen LogP contribution in [0.15, 0.2) is 30.6 Å². The number of amides is 2. The maximum absolute atomic E-state index is 12.0. The molecule has 108 valence electrons. The number of hydrogen-bond acceptors (Lipinski definition) is 4. The van der Waals surface area contributed by atoms with E-state index in [9.17, 15) is 9.59 Å². The van der Waals surface area contributed by atoms with Gasteiger partial charge in [-0.1, -0.05) is 0 Å². The molecule has 2 heterocycles. The van der Waals surface area contributed by atoms with Gasteiger partial charge in [-0.3, -0.25) is 14.3 Å². The molecule has 21 heavy (non-hydrogen) atoms. The molecule has 0 spiro atoms. The number of ether oxygens (including phenoxy) is 1. The minimum atomic E-state index is -0.520. The average molecular weight is 286 g/mol. The fraction of sp³-hybridized carbons (Fsp3) is 0.214. The van der Waals surface area contributed by atoms with Gasteiger partial charge in [-0.2, -0.15) is 5.10 Å². The normalized spacial score (nSPS) is 16.7. The molecule has 7 heteroatoms. The average Bonchev–Trinajstić information content (AvgIpc) is 2.87. The third-order valence-electron chi connectivity index (χ3n) is 3.14. The van der Waals surface area contributed by atoms with Gasteiger partial charge in [0.2, 0.25) is 0 Å². The van der Waals surface area contributed by atoms with Crippen molar-refractivity contribution < 1.29 is 14.3 Å². The second-order valence-corrected chi connectivity index (χ2v) is 4.82. The molecule has 1 aliphatic heterocycles. The smallest absolute Gasteiger partial charge is 0.265 e. The van der Waals surface area contributed by atoms with Crippen LogP contribution in [-0.2, 0) is 11.8 Å². The van der Waals surface area contributed by atoms with Gasteiger partial charge < -0.3 is 15.4 Å². The summed E-state index contributed by atoms with van der Waals surface area (Å²) in [4.78, 5) is 23.6. The number of carbonyl (C=O) groups is 2. The van der Waals surface area contributed by atoms with Crippen molar-refractivity contribution in [3.05, 3.63) is 36.2 Å². The predicted molar refractivity (Wildman–Crippen MR) is 76.3 cm³/mol. The summed E-state index contributed by atoms with van der Waals surface area (Å²) in [6.45, 7) is 1.68. The molecule has 1 atom stereocenters. The lowest BCUT2D eigenvalue weighted by Crippen LogP contribution is -2.34. The Morgan fingerprint density at radius 2 is 2.29 bits per heavy atom. The van der Waals surface area contributed by atoms with Gasteiger partial charge in [0.1, 0.15) is 5.75 Å². The molecule has 2 aromatic rings. The molecule has 2 N–H and O–H groups in total. The highest BCUT2D eigenvalue weighted by Gasteiger charge is 2.23. The van der Waals surface area contributed by atoms with Crippen molar-refractivity contribution in [3.8, 4) is 5.75 Å². The summed E-state index contributed by atoms with van der Waals surface area (Å²) in [6.07, 6.45) is 2.59. The Kier molecular flexibility index (Phi) is 3.09. The fourth-order valence-electron chi connectivity index (χ4n) is 2.03. The first-order valence-corrected chi connectivity index (χ1v) is 6.44. The van der Waals surface area contributed by atoms with Gasteiger partial charge in [0.15, 0.2) is 6.10 Å². The molecule has 0 radical (unpaired) electrons. The van der Waals surface area contributed by atoms with Gasteiger partial charge in [-0.05, 0) is 25.1 Å².